The molecule has 0 spiro atoms. The van der Waals surface area contributed by atoms with Crippen molar-refractivity contribution >= 4 is 0 Å². The molecule has 0 aliphatic heterocycles. The molecule has 0 amide bonds. The molecular formula is C12H23NO. The SMILES string of the molecule is CC1(C)CCCCC1(O)CNC1CC1. The summed E-state index contributed by atoms with van der Waals surface area (Å²) in [4.78, 5) is 0. The van der Waals surface area contributed by atoms with E-state index in [9.17, 15) is 5.11 Å². The second-order valence-corrected chi connectivity index (χ2v) is 5.78. The Hall–Kier alpha value is -0.0800. The lowest BCUT2D eigenvalue weighted by Crippen LogP contribution is -2.54. The average Bonchev–Trinajstić information content (AvgIpc) is 2.91. The normalized spacial score (nSPS) is 37.1. The van der Waals surface area contributed by atoms with Crippen LogP contribution < -0.4 is 5.32 Å². The molecule has 0 aromatic carbocycles. The Morgan fingerprint density at radius 2 is 1.86 bits per heavy atom. The van der Waals surface area contributed by atoms with Crippen LogP contribution in [0.3, 0.4) is 0 Å². The molecule has 0 radical (unpaired) electrons. The van der Waals surface area contributed by atoms with Gasteiger partial charge in [-0.05, 0) is 31.1 Å². The summed E-state index contributed by atoms with van der Waals surface area (Å²) in [6, 6.07) is 0.705. The molecule has 2 N–H and O–H groups in total. The van der Waals surface area contributed by atoms with Gasteiger partial charge in [-0.25, -0.2) is 0 Å². The standard InChI is InChI=1S/C12H23NO/c1-11(2)7-3-4-8-12(11,14)9-13-10-5-6-10/h10,13-14H,3-9H2,1-2H3. The van der Waals surface area contributed by atoms with Crippen molar-refractivity contribution in [3.63, 3.8) is 0 Å². The lowest BCUT2D eigenvalue weighted by molar-refractivity contribution is -0.0942. The predicted octanol–water partition coefficient (Wildman–Crippen LogP) is 2.07. The quantitative estimate of drug-likeness (QED) is 0.726. The molecule has 2 nitrogen and oxygen atoms in total. The third-order valence-electron chi connectivity index (χ3n) is 4.16. The Labute approximate surface area is 87.1 Å². The molecule has 0 heterocycles. The summed E-state index contributed by atoms with van der Waals surface area (Å²) >= 11 is 0. The van der Waals surface area contributed by atoms with Crippen LogP contribution in [0.4, 0.5) is 0 Å². The van der Waals surface area contributed by atoms with E-state index in [1.807, 2.05) is 0 Å². The molecule has 2 saturated carbocycles. The first-order chi connectivity index (χ1) is 6.54. The van der Waals surface area contributed by atoms with Crippen molar-refractivity contribution in [2.45, 2.75) is 64.0 Å². The molecular weight excluding hydrogens is 174 g/mol. The predicted molar refractivity (Wildman–Crippen MR) is 58.2 cm³/mol. The van der Waals surface area contributed by atoms with Crippen LogP contribution in [0.1, 0.15) is 52.4 Å². The second-order valence-electron chi connectivity index (χ2n) is 5.78. The Bertz CT molecular complexity index is 210. The Morgan fingerprint density at radius 3 is 2.43 bits per heavy atom. The van der Waals surface area contributed by atoms with Gasteiger partial charge in [0.25, 0.3) is 0 Å². The molecule has 82 valence electrons. The summed E-state index contributed by atoms with van der Waals surface area (Å²) in [6.45, 7) is 5.21. The maximum atomic E-state index is 10.6. The molecule has 2 heteroatoms. The fourth-order valence-corrected chi connectivity index (χ4v) is 2.48. The molecule has 0 bridgehead atoms. The van der Waals surface area contributed by atoms with Crippen LogP contribution in [0.2, 0.25) is 0 Å². The summed E-state index contributed by atoms with van der Waals surface area (Å²) < 4.78 is 0. The molecule has 2 aliphatic rings. The minimum absolute atomic E-state index is 0.0904. The van der Waals surface area contributed by atoms with Gasteiger partial charge in [0, 0.05) is 12.6 Å². The summed E-state index contributed by atoms with van der Waals surface area (Å²) in [5.74, 6) is 0. The maximum Gasteiger partial charge on any atom is 0.0822 e. The molecule has 2 aliphatic carbocycles. The van der Waals surface area contributed by atoms with Crippen molar-refractivity contribution in [3.05, 3.63) is 0 Å². The first-order valence-electron chi connectivity index (χ1n) is 5.99. The summed E-state index contributed by atoms with van der Waals surface area (Å²) in [5.41, 5.74) is -0.374. The highest BCUT2D eigenvalue weighted by Gasteiger charge is 2.45. The molecule has 0 aromatic rings. The molecule has 14 heavy (non-hydrogen) atoms. The van der Waals surface area contributed by atoms with Gasteiger partial charge in [-0.1, -0.05) is 26.7 Å². The smallest absolute Gasteiger partial charge is 0.0822 e. The molecule has 1 unspecified atom stereocenters. The van der Waals surface area contributed by atoms with E-state index < -0.39 is 5.60 Å². The van der Waals surface area contributed by atoms with Gasteiger partial charge < -0.3 is 10.4 Å². The first kappa shape index (κ1) is 10.4. The minimum atomic E-state index is -0.464. The highest BCUT2D eigenvalue weighted by Crippen LogP contribution is 2.43. The fourth-order valence-electron chi connectivity index (χ4n) is 2.48. The van der Waals surface area contributed by atoms with Gasteiger partial charge >= 0.3 is 0 Å². The number of aliphatic hydroxyl groups is 1. The molecule has 0 saturated heterocycles. The van der Waals surface area contributed by atoms with Crippen LogP contribution in [-0.4, -0.2) is 23.3 Å². The van der Waals surface area contributed by atoms with Crippen molar-refractivity contribution in [1.82, 2.24) is 5.32 Å². The zero-order valence-electron chi connectivity index (χ0n) is 9.47. The van der Waals surface area contributed by atoms with Crippen LogP contribution in [0.15, 0.2) is 0 Å². The monoisotopic (exact) mass is 197 g/mol. The van der Waals surface area contributed by atoms with Crippen molar-refractivity contribution in [2.75, 3.05) is 6.54 Å². The fraction of sp³-hybridized carbons (Fsp3) is 1.00. The van der Waals surface area contributed by atoms with Crippen molar-refractivity contribution in [2.24, 2.45) is 5.41 Å². The van der Waals surface area contributed by atoms with Crippen LogP contribution in [0, 0.1) is 5.41 Å². The van der Waals surface area contributed by atoms with E-state index in [0.717, 1.165) is 19.4 Å². The maximum absolute atomic E-state index is 10.6. The highest BCUT2D eigenvalue weighted by molar-refractivity contribution is 4.99. The first-order valence-corrected chi connectivity index (χ1v) is 5.99. The largest absolute Gasteiger partial charge is 0.388 e. The third kappa shape index (κ3) is 1.96. The molecule has 1 atom stereocenters. The van der Waals surface area contributed by atoms with E-state index in [4.69, 9.17) is 0 Å². The zero-order valence-corrected chi connectivity index (χ0v) is 9.47. The molecule has 0 aromatic heterocycles. The van der Waals surface area contributed by atoms with E-state index in [-0.39, 0.29) is 5.41 Å². The van der Waals surface area contributed by atoms with Gasteiger partial charge in [0.05, 0.1) is 5.60 Å². The van der Waals surface area contributed by atoms with E-state index in [2.05, 4.69) is 19.2 Å². The van der Waals surface area contributed by atoms with Gasteiger partial charge in [-0.15, -0.1) is 0 Å². The van der Waals surface area contributed by atoms with Crippen LogP contribution >= 0.6 is 0 Å². The van der Waals surface area contributed by atoms with Crippen molar-refractivity contribution in [1.29, 1.82) is 0 Å². The van der Waals surface area contributed by atoms with Gasteiger partial charge in [0.1, 0.15) is 0 Å². The third-order valence-corrected chi connectivity index (χ3v) is 4.16. The minimum Gasteiger partial charge on any atom is -0.388 e. The van der Waals surface area contributed by atoms with Gasteiger partial charge in [0.2, 0.25) is 0 Å². The van der Waals surface area contributed by atoms with Crippen molar-refractivity contribution in [3.8, 4) is 0 Å². The summed E-state index contributed by atoms with van der Waals surface area (Å²) in [6.07, 6.45) is 7.20. The Morgan fingerprint density at radius 1 is 1.21 bits per heavy atom. The zero-order chi connectivity index (χ0) is 10.2. The highest BCUT2D eigenvalue weighted by atomic mass is 16.3. The number of hydrogen-bond donors (Lipinski definition) is 2. The van der Waals surface area contributed by atoms with E-state index in [0.29, 0.717) is 6.04 Å². The number of nitrogens with one attached hydrogen (secondary N) is 1. The van der Waals surface area contributed by atoms with Gasteiger partial charge in [0.15, 0.2) is 0 Å². The van der Waals surface area contributed by atoms with Gasteiger partial charge in [-0.3, -0.25) is 0 Å². The van der Waals surface area contributed by atoms with E-state index in [1.165, 1.54) is 25.7 Å². The number of rotatable bonds is 3. The van der Waals surface area contributed by atoms with E-state index in [1.54, 1.807) is 0 Å². The van der Waals surface area contributed by atoms with E-state index >= 15 is 0 Å². The Kier molecular flexibility index (Phi) is 2.61. The summed E-state index contributed by atoms with van der Waals surface area (Å²) in [5, 5.41) is 14.1. The van der Waals surface area contributed by atoms with Crippen LogP contribution in [0.5, 0.6) is 0 Å². The van der Waals surface area contributed by atoms with Crippen LogP contribution in [0.25, 0.3) is 0 Å². The summed E-state index contributed by atoms with van der Waals surface area (Å²) in [7, 11) is 0. The second kappa shape index (κ2) is 3.49. The number of hydrogen-bond acceptors (Lipinski definition) is 2. The lowest BCUT2D eigenvalue weighted by Gasteiger charge is -2.46. The Balaban J connectivity index is 1.94. The topological polar surface area (TPSA) is 32.3 Å². The lowest BCUT2D eigenvalue weighted by atomic mass is 9.65. The van der Waals surface area contributed by atoms with Crippen molar-refractivity contribution < 1.29 is 5.11 Å². The molecule has 2 rings (SSSR count). The average molecular weight is 197 g/mol. The molecule has 2 fully saturated rings. The van der Waals surface area contributed by atoms with Crippen LogP contribution in [-0.2, 0) is 0 Å². The van der Waals surface area contributed by atoms with Gasteiger partial charge in [-0.2, -0.15) is 0 Å².